The van der Waals surface area contributed by atoms with Crippen LogP contribution in [0.3, 0.4) is 0 Å². The van der Waals surface area contributed by atoms with Crippen molar-refractivity contribution in [2.75, 3.05) is 0 Å². The molecule has 0 saturated carbocycles. The summed E-state index contributed by atoms with van der Waals surface area (Å²) in [6.45, 7) is 0. The second-order valence-corrected chi connectivity index (χ2v) is 3.54. The molecule has 0 aliphatic rings. The van der Waals surface area contributed by atoms with Crippen LogP contribution in [0.2, 0.25) is 0 Å². The van der Waals surface area contributed by atoms with Gasteiger partial charge in [0.1, 0.15) is 5.82 Å². The summed E-state index contributed by atoms with van der Waals surface area (Å²) in [7, 11) is 1.11. The van der Waals surface area contributed by atoms with Crippen LogP contribution in [0.15, 0.2) is 29.1 Å². The van der Waals surface area contributed by atoms with Crippen molar-refractivity contribution in [3.63, 3.8) is 0 Å². The zero-order valence-corrected chi connectivity index (χ0v) is 9.07. The number of aryl methyl sites for hydroxylation is 1. The summed E-state index contributed by atoms with van der Waals surface area (Å²) in [5.41, 5.74) is -1.05. The van der Waals surface area contributed by atoms with E-state index in [1.54, 1.807) is 0 Å². The molecule has 0 atom stereocenters. The molecule has 1 heterocycles. The lowest BCUT2D eigenvalue weighted by Gasteiger charge is -2.07. The van der Waals surface area contributed by atoms with Crippen molar-refractivity contribution in [2.45, 2.75) is 6.18 Å². The zero-order chi connectivity index (χ0) is 13.5. The molecule has 0 aliphatic carbocycles. The van der Waals surface area contributed by atoms with Gasteiger partial charge in [0.05, 0.1) is 5.69 Å². The van der Waals surface area contributed by atoms with E-state index in [4.69, 9.17) is 0 Å². The van der Waals surface area contributed by atoms with Crippen molar-refractivity contribution in [1.82, 2.24) is 14.3 Å². The number of aromatic nitrogens is 3. The maximum absolute atomic E-state index is 12.7. The molecular weight excluding hydrogens is 254 g/mol. The van der Waals surface area contributed by atoms with E-state index in [-0.39, 0.29) is 5.69 Å². The molecule has 0 amide bonds. The lowest BCUT2D eigenvalue weighted by Crippen LogP contribution is -2.24. The van der Waals surface area contributed by atoms with Crippen LogP contribution in [0.25, 0.3) is 5.69 Å². The van der Waals surface area contributed by atoms with E-state index in [2.05, 4.69) is 5.10 Å². The average Bonchev–Trinajstić information content (AvgIpc) is 2.57. The van der Waals surface area contributed by atoms with Crippen LogP contribution >= 0.6 is 0 Å². The molecule has 1 aromatic heterocycles. The van der Waals surface area contributed by atoms with Crippen LogP contribution in [0.5, 0.6) is 0 Å². The van der Waals surface area contributed by atoms with Gasteiger partial charge in [0.25, 0.3) is 0 Å². The summed E-state index contributed by atoms with van der Waals surface area (Å²) in [6.07, 6.45) is -4.77. The normalized spacial score (nSPS) is 11.8. The van der Waals surface area contributed by atoms with Gasteiger partial charge in [-0.25, -0.2) is 18.4 Å². The first kappa shape index (κ1) is 12.3. The van der Waals surface area contributed by atoms with Crippen LogP contribution in [-0.4, -0.2) is 14.3 Å². The van der Waals surface area contributed by atoms with Gasteiger partial charge in [0, 0.05) is 7.05 Å². The molecule has 8 heteroatoms. The predicted molar refractivity (Wildman–Crippen MR) is 53.8 cm³/mol. The van der Waals surface area contributed by atoms with Gasteiger partial charge in [-0.2, -0.15) is 13.2 Å². The van der Waals surface area contributed by atoms with Crippen LogP contribution in [0.4, 0.5) is 17.6 Å². The lowest BCUT2D eigenvalue weighted by atomic mass is 10.3. The molecule has 1 aromatic carbocycles. The Morgan fingerprint density at radius 2 is 1.72 bits per heavy atom. The fourth-order valence-electron chi connectivity index (χ4n) is 1.47. The number of benzene rings is 1. The van der Waals surface area contributed by atoms with Gasteiger partial charge in [0.15, 0.2) is 0 Å². The van der Waals surface area contributed by atoms with Gasteiger partial charge in [0.2, 0.25) is 5.82 Å². The average molecular weight is 261 g/mol. The van der Waals surface area contributed by atoms with Gasteiger partial charge in [-0.3, -0.25) is 0 Å². The summed E-state index contributed by atoms with van der Waals surface area (Å²) in [5.74, 6) is -1.95. The van der Waals surface area contributed by atoms with E-state index in [9.17, 15) is 22.4 Å². The van der Waals surface area contributed by atoms with Crippen molar-refractivity contribution in [3.8, 4) is 5.69 Å². The SMILES string of the molecule is Cn1nc(C(F)(F)F)n(-c2ccc(F)cc2)c1=O. The second kappa shape index (κ2) is 3.97. The van der Waals surface area contributed by atoms with E-state index < -0.39 is 23.5 Å². The molecule has 0 unspecified atom stereocenters. The third-order valence-corrected chi connectivity index (χ3v) is 2.26. The minimum absolute atomic E-state index is 0.0955. The van der Waals surface area contributed by atoms with E-state index in [0.29, 0.717) is 9.25 Å². The largest absolute Gasteiger partial charge is 0.452 e. The van der Waals surface area contributed by atoms with Crippen LogP contribution in [0.1, 0.15) is 5.82 Å². The highest BCUT2D eigenvalue weighted by Crippen LogP contribution is 2.28. The Labute approximate surface area is 98.1 Å². The van der Waals surface area contributed by atoms with E-state index in [0.717, 1.165) is 31.3 Å². The smallest absolute Gasteiger partial charge is 0.246 e. The first-order valence-corrected chi connectivity index (χ1v) is 4.80. The monoisotopic (exact) mass is 261 g/mol. The molecule has 0 radical (unpaired) electrons. The Morgan fingerprint density at radius 1 is 1.17 bits per heavy atom. The number of nitrogens with zero attached hydrogens (tertiary/aromatic N) is 3. The third-order valence-electron chi connectivity index (χ3n) is 2.26. The van der Waals surface area contributed by atoms with Crippen LogP contribution < -0.4 is 5.69 Å². The van der Waals surface area contributed by atoms with Crippen molar-refractivity contribution < 1.29 is 17.6 Å². The van der Waals surface area contributed by atoms with Crippen molar-refractivity contribution >= 4 is 0 Å². The van der Waals surface area contributed by atoms with Gasteiger partial charge < -0.3 is 0 Å². The van der Waals surface area contributed by atoms with Crippen LogP contribution in [-0.2, 0) is 13.2 Å². The molecule has 18 heavy (non-hydrogen) atoms. The fraction of sp³-hybridized carbons (Fsp3) is 0.200. The van der Waals surface area contributed by atoms with E-state index >= 15 is 0 Å². The maximum Gasteiger partial charge on any atom is 0.452 e. The molecule has 0 saturated heterocycles. The zero-order valence-electron chi connectivity index (χ0n) is 9.07. The Kier molecular flexibility index (Phi) is 2.72. The highest BCUT2D eigenvalue weighted by Gasteiger charge is 2.39. The molecule has 2 rings (SSSR count). The number of rotatable bonds is 1. The standard InChI is InChI=1S/C10H7F4N3O/c1-16-9(18)17(8(15-16)10(12,13)14)7-4-2-6(11)3-5-7/h2-5H,1H3. The Bertz CT molecular complexity index is 624. The fourth-order valence-corrected chi connectivity index (χ4v) is 1.47. The molecule has 4 nitrogen and oxygen atoms in total. The highest BCUT2D eigenvalue weighted by atomic mass is 19.4. The summed E-state index contributed by atoms with van der Waals surface area (Å²) in [5, 5.41) is 3.13. The van der Waals surface area contributed by atoms with E-state index in [1.165, 1.54) is 0 Å². The number of halogens is 4. The molecule has 0 bridgehead atoms. The van der Waals surface area contributed by atoms with E-state index in [1.807, 2.05) is 0 Å². The minimum atomic E-state index is -4.77. The van der Waals surface area contributed by atoms with Gasteiger partial charge in [-0.1, -0.05) is 0 Å². The first-order chi connectivity index (χ1) is 8.30. The number of hydrogen-bond donors (Lipinski definition) is 0. The Hall–Kier alpha value is -2.12. The van der Waals surface area contributed by atoms with Crippen molar-refractivity contribution in [3.05, 3.63) is 46.4 Å². The van der Waals surface area contributed by atoms with Crippen LogP contribution in [0, 0.1) is 5.82 Å². The molecule has 2 aromatic rings. The third kappa shape index (κ3) is 2.01. The van der Waals surface area contributed by atoms with Gasteiger partial charge in [-0.15, -0.1) is 5.10 Å². The predicted octanol–water partition coefficient (Wildman–Crippen LogP) is 1.73. The Morgan fingerprint density at radius 3 is 2.22 bits per heavy atom. The molecule has 0 N–H and O–H groups in total. The second-order valence-electron chi connectivity index (χ2n) is 3.54. The molecule has 96 valence electrons. The van der Waals surface area contributed by atoms with Crippen molar-refractivity contribution in [1.29, 1.82) is 0 Å². The first-order valence-electron chi connectivity index (χ1n) is 4.80. The molecule has 0 aliphatic heterocycles. The lowest BCUT2D eigenvalue weighted by molar-refractivity contribution is -0.146. The van der Waals surface area contributed by atoms with Gasteiger partial charge >= 0.3 is 11.9 Å². The summed E-state index contributed by atoms with van der Waals surface area (Å²) >= 11 is 0. The quantitative estimate of drug-likeness (QED) is 0.733. The van der Waals surface area contributed by atoms with Crippen molar-refractivity contribution in [2.24, 2.45) is 7.05 Å². The summed E-state index contributed by atoms with van der Waals surface area (Å²) < 4.78 is 51.8. The molecule has 0 fully saturated rings. The molecule has 0 spiro atoms. The highest BCUT2D eigenvalue weighted by molar-refractivity contribution is 5.33. The van der Waals surface area contributed by atoms with Gasteiger partial charge in [-0.05, 0) is 24.3 Å². The Balaban J connectivity index is 2.70. The maximum atomic E-state index is 12.7. The summed E-state index contributed by atoms with van der Waals surface area (Å²) in [4.78, 5) is 11.6. The summed E-state index contributed by atoms with van der Waals surface area (Å²) in [6, 6.07) is 4.09. The number of hydrogen-bond acceptors (Lipinski definition) is 2. The minimum Gasteiger partial charge on any atom is -0.246 e. The number of alkyl halides is 3. The molecular formula is C10H7F4N3O. The topological polar surface area (TPSA) is 39.8 Å².